The predicted octanol–water partition coefficient (Wildman–Crippen LogP) is 6.47. The Morgan fingerprint density at radius 2 is 1.77 bits per heavy atom. The minimum Gasteiger partial charge on any atom is -0.457 e. The van der Waals surface area contributed by atoms with Crippen LogP contribution in [0.5, 0.6) is 11.5 Å². The molecule has 0 saturated carbocycles. The van der Waals surface area contributed by atoms with Crippen molar-refractivity contribution in [2.24, 2.45) is 0 Å². The van der Waals surface area contributed by atoms with Crippen molar-refractivity contribution in [3.05, 3.63) is 101 Å². The minimum absolute atomic E-state index is 0.270. The largest absolute Gasteiger partial charge is 0.457 e. The summed E-state index contributed by atoms with van der Waals surface area (Å²) >= 11 is 0. The first kappa shape index (κ1) is 17.3. The number of hydrogen-bond acceptors (Lipinski definition) is 3. The molecule has 4 aromatic rings. The van der Waals surface area contributed by atoms with Gasteiger partial charge in [-0.3, -0.25) is 4.98 Å². The van der Waals surface area contributed by atoms with E-state index in [9.17, 15) is 0 Å². The summed E-state index contributed by atoms with van der Waals surface area (Å²) in [5.41, 5.74) is 7.52. The number of ether oxygens (including phenoxy) is 1. The summed E-state index contributed by atoms with van der Waals surface area (Å²) in [6, 6.07) is 25.1. The topological polar surface area (TPSA) is 25.4 Å². The first-order chi connectivity index (χ1) is 14.8. The monoisotopic (exact) mass is 390 g/mol. The molecule has 0 unspecified atom stereocenters. The number of para-hydroxylation sites is 1. The maximum absolute atomic E-state index is 6.13. The van der Waals surface area contributed by atoms with Gasteiger partial charge in [0, 0.05) is 17.6 Å². The van der Waals surface area contributed by atoms with Gasteiger partial charge in [-0.15, -0.1) is 0 Å². The lowest BCUT2D eigenvalue weighted by Crippen LogP contribution is -2.24. The van der Waals surface area contributed by atoms with Crippen LogP contribution in [-0.4, -0.2) is 11.5 Å². The Hall–Kier alpha value is -3.59. The lowest BCUT2D eigenvalue weighted by Gasteiger charge is -2.28. The highest BCUT2D eigenvalue weighted by atomic mass is 16.5. The van der Waals surface area contributed by atoms with Gasteiger partial charge in [-0.1, -0.05) is 54.6 Å². The molecule has 1 aliphatic heterocycles. The Bertz CT molecular complexity index is 1290. The van der Waals surface area contributed by atoms with E-state index in [0.29, 0.717) is 0 Å². The number of pyridine rings is 1. The molecule has 3 aromatic carbocycles. The summed E-state index contributed by atoms with van der Waals surface area (Å²) in [6.07, 6.45) is 5.60. The summed E-state index contributed by atoms with van der Waals surface area (Å²) < 4.78 is 6.13. The number of fused-ring (bicyclic) bond motifs is 4. The molecule has 1 aliphatic carbocycles. The Labute approximate surface area is 176 Å². The summed E-state index contributed by atoms with van der Waals surface area (Å²) in [6.45, 7) is 3.14. The highest BCUT2D eigenvalue weighted by molar-refractivity contribution is 5.96. The average Bonchev–Trinajstić information content (AvgIpc) is 3.40. The molecule has 2 aliphatic rings. The van der Waals surface area contributed by atoms with Crippen LogP contribution in [0.25, 0.3) is 17.0 Å². The third-order valence-corrected chi connectivity index (χ3v) is 6.21. The number of benzene rings is 3. The number of anilines is 1. The molecule has 3 nitrogen and oxygen atoms in total. The van der Waals surface area contributed by atoms with Gasteiger partial charge < -0.3 is 9.64 Å². The van der Waals surface area contributed by atoms with E-state index in [1.165, 1.54) is 27.8 Å². The van der Waals surface area contributed by atoms with E-state index in [-0.39, 0.29) is 6.04 Å². The molecular formula is C27H22N2O. The molecule has 6 rings (SSSR count). The Kier molecular flexibility index (Phi) is 3.88. The van der Waals surface area contributed by atoms with E-state index in [4.69, 9.17) is 9.72 Å². The molecule has 30 heavy (non-hydrogen) atoms. The third kappa shape index (κ3) is 2.70. The van der Waals surface area contributed by atoms with Crippen LogP contribution in [0.1, 0.15) is 28.4 Å². The Morgan fingerprint density at radius 1 is 0.933 bits per heavy atom. The summed E-state index contributed by atoms with van der Waals surface area (Å²) in [4.78, 5) is 7.44. The van der Waals surface area contributed by atoms with Crippen molar-refractivity contribution >= 4 is 22.7 Å². The first-order valence-corrected chi connectivity index (χ1v) is 10.5. The van der Waals surface area contributed by atoms with E-state index in [1.807, 2.05) is 36.4 Å². The fraction of sp³-hybridized carbons (Fsp3) is 0.148. The van der Waals surface area contributed by atoms with Crippen molar-refractivity contribution in [2.75, 3.05) is 11.4 Å². The van der Waals surface area contributed by atoms with E-state index in [2.05, 4.69) is 60.4 Å². The van der Waals surface area contributed by atoms with Gasteiger partial charge in [0.1, 0.15) is 11.5 Å². The smallest absolute Gasteiger partial charge is 0.128 e. The number of aryl methyl sites for hydroxylation is 1. The molecule has 0 saturated heterocycles. The molecule has 1 aromatic heterocycles. The number of nitrogens with zero attached hydrogens (tertiary/aromatic N) is 2. The molecule has 146 valence electrons. The molecule has 0 bridgehead atoms. The van der Waals surface area contributed by atoms with Crippen LogP contribution in [0.4, 0.5) is 5.69 Å². The zero-order valence-corrected chi connectivity index (χ0v) is 16.9. The lowest BCUT2D eigenvalue weighted by molar-refractivity contribution is 0.483. The fourth-order valence-electron chi connectivity index (χ4n) is 4.82. The summed E-state index contributed by atoms with van der Waals surface area (Å²) in [5, 5.41) is 1.17. The number of aromatic nitrogens is 1. The maximum atomic E-state index is 6.13. The van der Waals surface area contributed by atoms with E-state index in [1.54, 1.807) is 0 Å². The molecule has 0 amide bonds. The second-order valence-corrected chi connectivity index (χ2v) is 7.99. The molecule has 0 spiro atoms. The minimum atomic E-state index is 0.270. The zero-order chi connectivity index (χ0) is 20.1. The first-order valence-electron chi connectivity index (χ1n) is 10.5. The highest BCUT2D eigenvalue weighted by Crippen LogP contribution is 2.45. The average molecular weight is 390 g/mol. The van der Waals surface area contributed by atoms with Gasteiger partial charge in [-0.25, -0.2) is 0 Å². The summed E-state index contributed by atoms with van der Waals surface area (Å²) in [5.74, 6) is 1.69. The normalized spacial score (nSPS) is 16.7. The molecule has 1 atom stereocenters. The SMILES string of the molecule is Cc1nc2ccc(Oc3ccccc3)cc2c2c1CCN2[C@@H]1C=Cc2ccccc21. The number of rotatable bonds is 3. The van der Waals surface area contributed by atoms with E-state index < -0.39 is 0 Å². The van der Waals surface area contributed by atoms with Gasteiger partial charge in [0.05, 0.1) is 17.2 Å². The van der Waals surface area contributed by atoms with Crippen LogP contribution in [-0.2, 0) is 6.42 Å². The van der Waals surface area contributed by atoms with Gasteiger partial charge in [-0.05, 0) is 60.4 Å². The second kappa shape index (κ2) is 6.74. The molecular weight excluding hydrogens is 368 g/mol. The van der Waals surface area contributed by atoms with Crippen LogP contribution in [0.15, 0.2) is 78.9 Å². The van der Waals surface area contributed by atoms with Crippen LogP contribution in [0.2, 0.25) is 0 Å². The molecule has 0 fully saturated rings. The summed E-state index contributed by atoms with van der Waals surface area (Å²) in [7, 11) is 0. The van der Waals surface area contributed by atoms with Gasteiger partial charge in [-0.2, -0.15) is 0 Å². The van der Waals surface area contributed by atoms with Crippen molar-refractivity contribution in [1.29, 1.82) is 0 Å². The van der Waals surface area contributed by atoms with Crippen molar-refractivity contribution in [3.63, 3.8) is 0 Å². The fourth-order valence-corrected chi connectivity index (χ4v) is 4.82. The molecule has 0 radical (unpaired) electrons. The standard InChI is InChI=1S/C27H22N2O/c1-18-22-15-16-29(26-14-11-19-7-5-6-10-23(19)26)27(22)24-17-21(12-13-25(24)28-18)30-20-8-3-2-4-9-20/h2-14,17,26H,15-16H2,1H3/t26-/m1/s1. The van der Waals surface area contributed by atoms with Crippen LogP contribution >= 0.6 is 0 Å². The number of hydrogen-bond donors (Lipinski definition) is 0. The van der Waals surface area contributed by atoms with Crippen molar-refractivity contribution in [3.8, 4) is 11.5 Å². The zero-order valence-electron chi connectivity index (χ0n) is 16.9. The highest BCUT2D eigenvalue weighted by Gasteiger charge is 2.32. The quantitative estimate of drug-likeness (QED) is 0.401. The van der Waals surface area contributed by atoms with Crippen molar-refractivity contribution in [2.45, 2.75) is 19.4 Å². The lowest BCUT2D eigenvalue weighted by atomic mass is 10.0. The maximum Gasteiger partial charge on any atom is 0.128 e. The molecule has 3 heteroatoms. The van der Waals surface area contributed by atoms with Gasteiger partial charge >= 0.3 is 0 Å². The second-order valence-electron chi connectivity index (χ2n) is 7.99. The van der Waals surface area contributed by atoms with Crippen molar-refractivity contribution in [1.82, 2.24) is 4.98 Å². The van der Waals surface area contributed by atoms with Gasteiger partial charge in [0.2, 0.25) is 0 Å². The Balaban J connectivity index is 1.48. The molecule has 2 heterocycles. The Morgan fingerprint density at radius 3 is 2.67 bits per heavy atom. The van der Waals surface area contributed by atoms with E-state index >= 15 is 0 Å². The van der Waals surface area contributed by atoms with Gasteiger partial charge in [0.15, 0.2) is 0 Å². The predicted molar refractivity (Wildman–Crippen MR) is 122 cm³/mol. The van der Waals surface area contributed by atoms with Crippen LogP contribution in [0.3, 0.4) is 0 Å². The van der Waals surface area contributed by atoms with Crippen LogP contribution < -0.4 is 9.64 Å². The van der Waals surface area contributed by atoms with Crippen LogP contribution in [0, 0.1) is 6.92 Å². The third-order valence-electron chi connectivity index (χ3n) is 6.21. The van der Waals surface area contributed by atoms with E-state index in [0.717, 1.165) is 35.7 Å². The van der Waals surface area contributed by atoms with Gasteiger partial charge in [0.25, 0.3) is 0 Å². The van der Waals surface area contributed by atoms with Crippen molar-refractivity contribution < 1.29 is 4.74 Å². The molecule has 0 N–H and O–H groups in total.